The maximum absolute atomic E-state index is 5.85. The Morgan fingerprint density at radius 3 is 2.31 bits per heavy atom. The Balaban J connectivity index is 1.25. The lowest BCUT2D eigenvalue weighted by Gasteiger charge is -2.37. The van der Waals surface area contributed by atoms with Crippen LogP contribution in [0, 0.1) is 0 Å². The molecule has 2 aliphatic rings. The number of hydrogen-bond acceptors (Lipinski definition) is 5. The molecule has 1 aromatic heterocycles. The monoisotopic (exact) mass is 436 g/mol. The SMILES string of the molecule is CN=C(NCc1ccc(CN2CC(C)OC(C)C2)cc1)N1CCN(c2ccccn2)CC1. The second kappa shape index (κ2) is 10.8. The van der Waals surface area contributed by atoms with E-state index in [1.807, 2.05) is 25.4 Å². The molecule has 2 aliphatic heterocycles. The summed E-state index contributed by atoms with van der Waals surface area (Å²) in [6.07, 6.45) is 2.47. The molecule has 2 aromatic rings. The lowest BCUT2D eigenvalue weighted by Crippen LogP contribution is -2.52. The predicted octanol–water partition coefficient (Wildman–Crippen LogP) is 2.59. The molecule has 172 valence electrons. The predicted molar refractivity (Wildman–Crippen MR) is 130 cm³/mol. The lowest BCUT2D eigenvalue weighted by molar-refractivity contribution is -0.0704. The van der Waals surface area contributed by atoms with Crippen molar-refractivity contribution in [3.05, 3.63) is 59.8 Å². The van der Waals surface area contributed by atoms with Crippen LogP contribution in [0.5, 0.6) is 0 Å². The van der Waals surface area contributed by atoms with Gasteiger partial charge in [0.05, 0.1) is 12.2 Å². The van der Waals surface area contributed by atoms with Gasteiger partial charge in [0.25, 0.3) is 0 Å². The topological polar surface area (TPSA) is 56.2 Å². The van der Waals surface area contributed by atoms with E-state index in [2.05, 4.69) is 74.2 Å². The molecule has 2 fully saturated rings. The largest absolute Gasteiger partial charge is 0.373 e. The van der Waals surface area contributed by atoms with Crippen LogP contribution in [0.15, 0.2) is 53.7 Å². The van der Waals surface area contributed by atoms with Gasteiger partial charge in [0.1, 0.15) is 5.82 Å². The van der Waals surface area contributed by atoms with E-state index in [9.17, 15) is 0 Å². The molecule has 1 aromatic carbocycles. The van der Waals surface area contributed by atoms with Crippen LogP contribution in [0.25, 0.3) is 0 Å². The second-order valence-corrected chi connectivity index (χ2v) is 8.83. The van der Waals surface area contributed by atoms with Gasteiger partial charge in [-0.05, 0) is 37.1 Å². The van der Waals surface area contributed by atoms with Gasteiger partial charge < -0.3 is 19.9 Å². The van der Waals surface area contributed by atoms with Crippen molar-refractivity contribution in [1.82, 2.24) is 20.1 Å². The molecule has 0 saturated carbocycles. The number of guanidine groups is 1. The summed E-state index contributed by atoms with van der Waals surface area (Å²) in [6.45, 7) is 11.8. The van der Waals surface area contributed by atoms with Crippen LogP contribution in [0.1, 0.15) is 25.0 Å². The molecule has 2 atom stereocenters. The quantitative estimate of drug-likeness (QED) is 0.574. The summed E-state index contributed by atoms with van der Waals surface area (Å²) >= 11 is 0. The highest BCUT2D eigenvalue weighted by Crippen LogP contribution is 2.15. The molecule has 2 unspecified atom stereocenters. The minimum Gasteiger partial charge on any atom is -0.373 e. The molecule has 7 nitrogen and oxygen atoms in total. The van der Waals surface area contributed by atoms with E-state index < -0.39 is 0 Å². The number of nitrogens with one attached hydrogen (secondary N) is 1. The van der Waals surface area contributed by atoms with Crippen molar-refractivity contribution in [2.75, 3.05) is 51.2 Å². The third kappa shape index (κ3) is 5.99. The molecular formula is C25H36N6O. The number of piperazine rings is 1. The minimum atomic E-state index is 0.305. The number of aliphatic imine (C=N–C) groups is 1. The Bertz CT molecular complexity index is 854. The highest BCUT2D eigenvalue weighted by molar-refractivity contribution is 5.80. The van der Waals surface area contributed by atoms with E-state index in [0.29, 0.717) is 12.2 Å². The number of nitrogens with zero attached hydrogens (tertiary/aromatic N) is 5. The van der Waals surface area contributed by atoms with Crippen LogP contribution in [-0.2, 0) is 17.8 Å². The fraction of sp³-hybridized carbons (Fsp3) is 0.520. The smallest absolute Gasteiger partial charge is 0.194 e. The Morgan fingerprint density at radius 1 is 1.00 bits per heavy atom. The third-order valence-electron chi connectivity index (χ3n) is 6.14. The maximum Gasteiger partial charge on any atom is 0.194 e. The van der Waals surface area contributed by atoms with Crippen LogP contribution < -0.4 is 10.2 Å². The summed E-state index contributed by atoms with van der Waals surface area (Å²) < 4.78 is 5.85. The molecule has 0 amide bonds. The van der Waals surface area contributed by atoms with E-state index >= 15 is 0 Å². The fourth-order valence-electron chi connectivity index (χ4n) is 4.64. The van der Waals surface area contributed by atoms with Crippen LogP contribution >= 0.6 is 0 Å². The summed E-state index contributed by atoms with van der Waals surface area (Å²) in [5.41, 5.74) is 2.62. The first kappa shape index (κ1) is 22.6. The van der Waals surface area contributed by atoms with Gasteiger partial charge in [0.15, 0.2) is 5.96 Å². The van der Waals surface area contributed by atoms with Crippen molar-refractivity contribution in [1.29, 1.82) is 0 Å². The minimum absolute atomic E-state index is 0.305. The normalized spacial score (nSPS) is 22.8. The van der Waals surface area contributed by atoms with Crippen LogP contribution in [-0.4, -0.2) is 79.3 Å². The summed E-state index contributed by atoms with van der Waals surface area (Å²) in [5, 5.41) is 3.54. The van der Waals surface area contributed by atoms with Gasteiger partial charge in [-0.3, -0.25) is 9.89 Å². The summed E-state index contributed by atoms with van der Waals surface area (Å²) in [5.74, 6) is 2.02. The van der Waals surface area contributed by atoms with Gasteiger partial charge >= 0.3 is 0 Å². The Hall–Kier alpha value is -2.64. The van der Waals surface area contributed by atoms with E-state index in [1.54, 1.807) is 0 Å². The Morgan fingerprint density at radius 2 is 1.69 bits per heavy atom. The van der Waals surface area contributed by atoms with Crippen molar-refractivity contribution in [2.45, 2.75) is 39.1 Å². The van der Waals surface area contributed by atoms with E-state index in [-0.39, 0.29) is 0 Å². The molecule has 0 spiro atoms. The lowest BCUT2D eigenvalue weighted by atomic mass is 10.1. The summed E-state index contributed by atoms with van der Waals surface area (Å²) in [7, 11) is 1.86. The zero-order valence-electron chi connectivity index (χ0n) is 19.6. The number of benzene rings is 1. The van der Waals surface area contributed by atoms with Crippen molar-refractivity contribution >= 4 is 11.8 Å². The highest BCUT2D eigenvalue weighted by atomic mass is 16.5. The number of aromatic nitrogens is 1. The Labute approximate surface area is 192 Å². The zero-order valence-corrected chi connectivity index (χ0v) is 19.6. The molecule has 1 N–H and O–H groups in total. The molecule has 2 saturated heterocycles. The maximum atomic E-state index is 5.85. The van der Waals surface area contributed by atoms with Crippen LogP contribution in [0.4, 0.5) is 5.82 Å². The summed E-state index contributed by atoms with van der Waals surface area (Å²) in [6, 6.07) is 15.0. The summed E-state index contributed by atoms with van der Waals surface area (Å²) in [4.78, 5) is 16.1. The number of pyridine rings is 1. The molecular weight excluding hydrogens is 400 g/mol. The standard InChI is InChI=1S/C25H36N6O/c1-20-17-29(18-21(2)32-20)19-23-9-7-22(8-10-23)16-28-25(26-3)31-14-12-30(13-15-31)24-6-4-5-11-27-24/h4-11,20-21H,12-19H2,1-3H3,(H,26,28). The first-order valence-corrected chi connectivity index (χ1v) is 11.7. The van der Waals surface area contributed by atoms with Gasteiger partial charge in [0, 0.05) is 65.6 Å². The van der Waals surface area contributed by atoms with E-state index in [4.69, 9.17) is 4.74 Å². The molecule has 4 rings (SSSR count). The molecule has 0 bridgehead atoms. The average molecular weight is 437 g/mol. The number of anilines is 1. The van der Waals surface area contributed by atoms with Gasteiger partial charge in [0.2, 0.25) is 0 Å². The van der Waals surface area contributed by atoms with E-state index in [1.165, 1.54) is 11.1 Å². The number of rotatable bonds is 5. The van der Waals surface area contributed by atoms with Crippen molar-refractivity contribution in [3.63, 3.8) is 0 Å². The molecule has 0 radical (unpaired) electrons. The molecule has 7 heteroatoms. The van der Waals surface area contributed by atoms with Gasteiger partial charge in [-0.2, -0.15) is 0 Å². The average Bonchev–Trinajstić information content (AvgIpc) is 2.81. The first-order valence-electron chi connectivity index (χ1n) is 11.7. The second-order valence-electron chi connectivity index (χ2n) is 8.83. The van der Waals surface area contributed by atoms with E-state index in [0.717, 1.165) is 64.1 Å². The number of hydrogen-bond donors (Lipinski definition) is 1. The van der Waals surface area contributed by atoms with Gasteiger partial charge in [-0.15, -0.1) is 0 Å². The van der Waals surface area contributed by atoms with Crippen molar-refractivity contribution < 1.29 is 4.74 Å². The van der Waals surface area contributed by atoms with Crippen molar-refractivity contribution in [3.8, 4) is 0 Å². The highest BCUT2D eigenvalue weighted by Gasteiger charge is 2.22. The first-order chi connectivity index (χ1) is 15.6. The van der Waals surface area contributed by atoms with Crippen LogP contribution in [0.3, 0.4) is 0 Å². The van der Waals surface area contributed by atoms with Crippen LogP contribution in [0.2, 0.25) is 0 Å². The van der Waals surface area contributed by atoms with Gasteiger partial charge in [-0.25, -0.2) is 4.98 Å². The van der Waals surface area contributed by atoms with Gasteiger partial charge in [-0.1, -0.05) is 30.3 Å². The zero-order chi connectivity index (χ0) is 22.3. The molecule has 32 heavy (non-hydrogen) atoms. The third-order valence-corrected chi connectivity index (χ3v) is 6.14. The van der Waals surface area contributed by atoms with Crippen molar-refractivity contribution in [2.24, 2.45) is 4.99 Å². The number of morpholine rings is 1. The number of ether oxygens (including phenoxy) is 1. The Kier molecular flexibility index (Phi) is 7.60. The molecule has 0 aliphatic carbocycles. The fourth-order valence-corrected chi connectivity index (χ4v) is 4.64. The molecule has 3 heterocycles.